The number of nitrogens with one attached hydrogen (secondary N) is 2. The third-order valence-corrected chi connectivity index (χ3v) is 3.25. The summed E-state index contributed by atoms with van der Waals surface area (Å²) in [6.45, 7) is 1.19. The van der Waals surface area contributed by atoms with E-state index in [9.17, 15) is 0 Å². The molecule has 0 aliphatic heterocycles. The van der Waals surface area contributed by atoms with Gasteiger partial charge in [0.25, 0.3) is 0 Å². The minimum Gasteiger partial charge on any atom is -0.393 e. The van der Waals surface area contributed by atoms with E-state index in [1.165, 1.54) is 6.33 Å². The Morgan fingerprint density at radius 2 is 1.35 bits per heavy atom. The van der Waals surface area contributed by atoms with E-state index in [4.69, 9.17) is 5.73 Å². The Balaban J connectivity index is 1.66. The largest absolute Gasteiger partial charge is 0.393 e. The van der Waals surface area contributed by atoms with Crippen molar-refractivity contribution >= 4 is 17.3 Å². The van der Waals surface area contributed by atoms with Crippen LogP contribution in [0.25, 0.3) is 0 Å². The van der Waals surface area contributed by atoms with Crippen LogP contribution < -0.4 is 16.4 Å². The first kappa shape index (κ1) is 14.7. The molecular weight excluding hydrogens is 290 g/mol. The van der Waals surface area contributed by atoms with Gasteiger partial charge in [0.15, 0.2) is 11.6 Å². The zero-order valence-electron chi connectivity index (χ0n) is 12.5. The highest BCUT2D eigenvalue weighted by molar-refractivity contribution is 5.73. The van der Waals surface area contributed by atoms with Gasteiger partial charge in [-0.25, -0.2) is 9.97 Å². The molecule has 0 unspecified atom stereocenters. The van der Waals surface area contributed by atoms with Crippen molar-refractivity contribution in [2.75, 3.05) is 16.4 Å². The number of nitrogen functional groups attached to an aromatic ring is 1. The molecule has 0 aliphatic carbocycles. The minimum atomic E-state index is 0.486. The number of hydrogen-bond acceptors (Lipinski definition) is 7. The molecule has 0 amide bonds. The Kier molecular flexibility index (Phi) is 4.58. The maximum absolute atomic E-state index is 6.13. The number of nitrogens with two attached hydrogens (primary N) is 1. The first-order valence-corrected chi connectivity index (χ1v) is 7.19. The molecule has 0 aliphatic rings. The van der Waals surface area contributed by atoms with E-state index < -0.39 is 0 Å². The number of pyridine rings is 2. The van der Waals surface area contributed by atoms with Crippen molar-refractivity contribution in [2.24, 2.45) is 0 Å². The second-order valence-electron chi connectivity index (χ2n) is 4.91. The highest BCUT2D eigenvalue weighted by Gasteiger charge is 2.07. The number of nitrogens with zero attached hydrogens (tertiary/aromatic N) is 4. The SMILES string of the molecule is Nc1c(NCc2cccnc2)ncnc1NCc1cccnc1. The van der Waals surface area contributed by atoms with E-state index in [-0.39, 0.29) is 0 Å². The molecule has 0 spiro atoms. The van der Waals surface area contributed by atoms with Crippen LogP contribution in [-0.2, 0) is 13.1 Å². The first-order valence-electron chi connectivity index (χ1n) is 7.19. The van der Waals surface area contributed by atoms with Crippen LogP contribution in [0, 0.1) is 0 Å². The van der Waals surface area contributed by atoms with Gasteiger partial charge in [0.2, 0.25) is 0 Å². The fraction of sp³-hybridized carbons (Fsp3) is 0.125. The minimum absolute atomic E-state index is 0.486. The van der Waals surface area contributed by atoms with Gasteiger partial charge < -0.3 is 16.4 Å². The van der Waals surface area contributed by atoms with Gasteiger partial charge in [-0.05, 0) is 23.3 Å². The third kappa shape index (κ3) is 3.91. The molecular formula is C16H17N7. The van der Waals surface area contributed by atoms with Crippen molar-refractivity contribution in [2.45, 2.75) is 13.1 Å². The Morgan fingerprint density at radius 3 is 1.78 bits per heavy atom. The highest BCUT2D eigenvalue weighted by Crippen LogP contribution is 2.23. The zero-order valence-corrected chi connectivity index (χ0v) is 12.5. The molecule has 0 atom stereocenters. The zero-order chi connectivity index (χ0) is 15.9. The molecule has 7 heteroatoms. The van der Waals surface area contributed by atoms with Gasteiger partial charge in [-0.3, -0.25) is 9.97 Å². The molecule has 0 bridgehead atoms. The fourth-order valence-corrected chi connectivity index (χ4v) is 2.05. The lowest BCUT2D eigenvalue weighted by Gasteiger charge is -2.12. The molecule has 7 nitrogen and oxygen atoms in total. The van der Waals surface area contributed by atoms with Crippen molar-refractivity contribution in [3.05, 3.63) is 66.5 Å². The van der Waals surface area contributed by atoms with Crippen LogP contribution >= 0.6 is 0 Å². The molecule has 23 heavy (non-hydrogen) atoms. The quantitative estimate of drug-likeness (QED) is 0.640. The Morgan fingerprint density at radius 1 is 0.826 bits per heavy atom. The Bertz CT molecular complexity index is 685. The topological polar surface area (TPSA) is 102 Å². The van der Waals surface area contributed by atoms with E-state index >= 15 is 0 Å². The van der Waals surface area contributed by atoms with Crippen molar-refractivity contribution in [1.29, 1.82) is 0 Å². The summed E-state index contributed by atoms with van der Waals surface area (Å²) in [5.41, 5.74) is 8.72. The van der Waals surface area contributed by atoms with E-state index in [1.807, 2.05) is 24.3 Å². The smallest absolute Gasteiger partial charge is 0.155 e. The average molecular weight is 307 g/mol. The van der Waals surface area contributed by atoms with Gasteiger partial charge in [-0.15, -0.1) is 0 Å². The fourth-order valence-electron chi connectivity index (χ4n) is 2.05. The van der Waals surface area contributed by atoms with E-state index in [0.717, 1.165) is 11.1 Å². The molecule has 0 saturated heterocycles. The van der Waals surface area contributed by atoms with Gasteiger partial charge in [0.1, 0.15) is 12.0 Å². The average Bonchev–Trinajstić information content (AvgIpc) is 2.61. The highest BCUT2D eigenvalue weighted by atomic mass is 15.1. The van der Waals surface area contributed by atoms with Crippen molar-refractivity contribution in [3.63, 3.8) is 0 Å². The summed E-state index contributed by atoms with van der Waals surface area (Å²) in [4.78, 5) is 16.5. The predicted molar refractivity (Wildman–Crippen MR) is 89.6 cm³/mol. The van der Waals surface area contributed by atoms with Crippen molar-refractivity contribution in [3.8, 4) is 0 Å². The lowest BCUT2D eigenvalue weighted by Crippen LogP contribution is -2.10. The third-order valence-electron chi connectivity index (χ3n) is 3.25. The van der Waals surface area contributed by atoms with E-state index in [0.29, 0.717) is 30.4 Å². The molecule has 116 valence electrons. The number of rotatable bonds is 6. The van der Waals surface area contributed by atoms with Crippen LogP contribution in [0.4, 0.5) is 17.3 Å². The molecule has 3 rings (SSSR count). The summed E-state index contributed by atoms with van der Waals surface area (Å²) >= 11 is 0. The van der Waals surface area contributed by atoms with E-state index in [1.54, 1.807) is 24.8 Å². The summed E-state index contributed by atoms with van der Waals surface area (Å²) in [7, 11) is 0. The van der Waals surface area contributed by atoms with Gasteiger partial charge in [-0.1, -0.05) is 12.1 Å². The number of anilines is 3. The van der Waals surface area contributed by atoms with Crippen molar-refractivity contribution in [1.82, 2.24) is 19.9 Å². The molecule has 0 fully saturated rings. The lowest BCUT2D eigenvalue weighted by atomic mass is 10.3. The number of aromatic nitrogens is 4. The monoisotopic (exact) mass is 307 g/mol. The van der Waals surface area contributed by atoms with Gasteiger partial charge >= 0.3 is 0 Å². The molecule has 3 aromatic rings. The van der Waals surface area contributed by atoms with Gasteiger partial charge in [-0.2, -0.15) is 0 Å². The molecule has 0 aromatic carbocycles. The summed E-state index contributed by atoms with van der Waals surface area (Å²) in [5, 5.41) is 6.40. The maximum atomic E-state index is 6.13. The molecule has 3 aromatic heterocycles. The summed E-state index contributed by atoms with van der Waals surface area (Å²) in [5.74, 6) is 1.19. The lowest BCUT2D eigenvalue weighted by molar-refractivity contribution is 1.04. The molecule has 3 heterocycles. The van der Waals surface area contributed by atoms with Crippen molar-refractivity contribution < 1.29 is 0 Å². The Labute approximate surface area is 134 Å². The van der Waals surface area contributed by atoms with Crippen LogP contribution in [0.2, 0.25) is 0 Å². The molecule has 4 N–H and O–H groups in total. The maximum Gasteiger partial charge on any atom is 0.155 e. The summed E-state index contributed by atoms with van der Waals surface area (Å²) in [6.07, 6.45) is 8.55. The first-order chi connectivity index (χ1) is 11.3. The van der Waals surface area contributed by atoms with Crippen LogP contribution in [0.3, 0.4) is 0 Å². The van der Waals surface area contributed by atoms with Crippen LogP contribution in [0.1, 0.15) is 11.1 Å². The standard InChI is InChI=1S/C16H17N7/c17-14-15(20-9-12-3-1-5-18-7-12)22-11-23-16(14)21-10-13-4-2-6-19-8-13/h1-8,11H,9-10,17H2,(H2,20,21,22,23). The van der Waals surface area contributed by atoms with E-state index in [2.05, 4.69) is 30.6 Å². The molecule has 0 saturated carbocycles. The van der Waals surface area contributed by atoms with Crippen LogP contribution in [0.5, 0.6) is 0 Å². The van der Waals surface area contributed by atoms with Crippen LogP contribution in [-0.4, -0.2) is 19.9 Å². The molecule has 0 radical (unpaired) electrons. The summed E-state index contributed by atoms with van der Waals surface area (Å²) < 4.78 is 0. The second-order valence-corrected chi connectivity index (χ2v) is 4.91. The predicted octanol–water partition coefficient (Wildman–Crippen LogP) is 2.07. The number of hydrogen-bond donors (Lipinski definition) is 3. The Hall–Kier alpha value is -3.22. The van der Waals surface area contributed by atoms with Crippen LogP contribution in [0.15, 0.2) is 55.4 Å². The normalized spacial score (nSPS) is 10.3. The van der Waals surface area contributed by atoms with Gasteiger partial charge in [0.05, 0.1) is 0 Å². The summed E-state index contributed by atoms with van der Waals surface area (Å²) in [6, 6.07) is 7.75. The second kappa shape index (κ2) is 7.17. The van der Waals surface area contributed by atoms with Gasteiger partial charge in [0, 0.05) is 37.9 Å².